The van der Waals surface area contributed by atoms with Crippen LogP contribution in [0, 0.1) is 0 Å². The zero-order valence-corrected chi connectivity index (χ0v) is 55.5. The Morgan fingerprint density at radius 1 is 0.253 bits per heavy atom. The van der Waals surface area contributed by atoms with Gasteiger partial charge in [0, 0.05) is 19.3 Å². The highest BCUT2D eigenvalue weighted by molar-refractivity contribution is 5.71. The molecule has 83 heavy (non-hydrogen) atoms. The number of hydrogen-bond acceptors (Lipinski definition) is 6. The number of carbonyl (C=O) groups is 3. The molecular weight excluding hydrogens is 1020 g/mol. The Hall–Kier alpha value is -3.15. The van der Waals surface area contributed by atoms with Crippen molar-refractivity contribution >= 4 is 17.9 Å². The second-order valence-corrected chi connectivity index (χ2v) is 24.5. The number of rotatable bonds is 67. The summed E-state index contributed by atoms with van der Waals surface area (Å²) in [5.74, 6) is -0.873. The van der Waals surface area contributed by atoms with E-state index in [0.29, 0.717) is 19.3 Å². The second-order valence-electron chi connectivity index (χ2n) is 24.5. The maximum absolute atomic E-state index is 13.0. The average molecular weight is 1160 g/mol. The van der Waals surface area contributed by atoms with Crippen LogP contribution in [0.1, 0.15) is 380 Å². The fraction of sp³-hybridized carbons (Fsp3) is 0.805. The summed E-state index contributed by atoms with van der Waals surface area (Å²) in [6, 6.07) is 0. The first-order valence-electron chi connectivity index (χ1n) is 36.4. The maximum atomic E-state index is 13.0. The number of hydrogen-bond donors (Lipinski definition) is 0. The molecule has 0 aromatic rings. The van der Waals surface area contributed by atoms with E-state index in [-0.39, 0.29) is 31.1 Å². The molecule has 0 aliphatic rings. The van der Waals surface area contributed by atoms with Crippen LogP contribution in [0.3, 0.4) is 0 Å². The van der Waals surface area contributed by atoms with E-state index in [1.54, 1.807) is 0 Å². The van der Waals surface area contributed by atoms with E-state index in [1.807, 2.05) is 0 Å². The van der Waals surface area contributed by atoms with Gasteiger partial charge in [-0.15, -0.1) is 0 Å². The van der Waals surface area contributed by atoms with Crippen molar-refractivity contribution in [2.45, 2.75) is 386 Å². The summed E-state index contributed by atoms with van der Waals surface area (Å²) in [5.41, 5.74) is 0. The summed E-state index contributed by atoms with van der Waals surface area (Å²) in [7, 11) is 0. The van der Waals surface area contributed by atoms with Crippen molar-refractivity contribution in [3.8, 4) is 0 Å². The van der Waals surface area contributed by atoms with Crippen LogP contribution in [0.15, 0.2) is 72.9 Å². The molecule has 0 amide bonds. The SMILES string of the molecule is CC/C=C\C/C=C\C/C=C\CCCCCCCCCC(=O)OCC(COC(=O)CCCCCCCCCCCCCCCCCCCCCCCCCCC)OC(=O)CCCCCCCCCC/C=C\C/C=C\C/C=C\CCCCCCC. The first-order valence-corrected chi connectivity index (χ1v) is 36.4. The molecule has 0 aliphatic carbocycles. The number of unbranched alkanes of at least 4 members (excludes halogenated alkanes) is 44. The first kappa shape index (κ1) is 79.8. The molecule has 1 unspecified atom stereocenters. The van der Waals surface area contributed by atoms with Gasteiger partial charge in [-0.3, -0.25) is 14.4 Å². The molecule has 0 aromatic carbocycles. The van der Waals surface area contributed by atoms with Crippen LogP contribution in [-0.2, 0) is 28.6 Å². The largest absolute Gasteiger partial charge is 0.462 e. The Kier molecular flexibility index (Phi) is 68.6. The van der Waals surface area contributed by atoms with Gasteiger partial charge in [0.05, 0.1) is 0 Å². The summed E-state index contributed by atoms with van der Waals surface area (Å²) in [4.78, 5) is 38.5. The highest BCUT2D eigenvalue weighted by Gasteiger charge is 2.19. The highest BCUT2D eigenvalue weighted by Crippen LogP contribution is 2.18. The lowest BCUT2D eigenvalue weighted by Crippen LogP contribution is -2.30. The summed E-state index contributed by atoms with van der Waals surface area (Å²) in [6.45, 7) is 6.57. The topological polar surface area (TPSA) is 78.9 Å². The quantitative estimate of drug-likeness (QED) is 0.0261. The minimum atomic E-state index is -0.785. The Morgan fingerprint density at radius 3 is 0.735 bits per heavy atom. The van der Waals surface area contributed by atoms with E-state index in [4.69, 9.17) is 14.2 Å². The summed E-state index contributed by atoms with van der Waals surface area (Å²) in [6.07, 6.45) is 93.6. The molecule has 6 heteroatoms. The molecule has 0 saturated heterocycles. The molecule has 0 aromatic heterocycles. The monoisotopic (exact) mass is 1160 g/mol. The molecule has 0 radical (unpaired) electrons. The van der Waals surface area contributed by atoms with Crippen LogP contribution >= 0.6 is 0 Å². The van der Waals surface area contributed by atoms with Gasteiger partial charge in [-0.1, -0.05) is 344 Å². The molecule has 0 rings (SSSR count). The van der Waals surface area contributed by atoms with Gasteiger partial charge >= 0.3 is 17.9 Å². The fourth-order valence-electron chi connectivity index (χ4n) is 10.8. The predicted molar refractivity (Wildman–Crippen MR) is 362 cm³/mol. The van der Waals surface area contributed by atoms with E-state index >= 15 is 0 Å². The van der Waals surface area contributed by atoms with Crippen LogP contribution in [0.5, 0.6) is 0 Å². The maximum Gasteiger partial charge on any atom is 0.306 e. The van der Waals surface area contributed by atoms with Crippen LogP contribution < -0.4 is 0 Å². The molecule has 0 aliphatic heterocycles. The lowest BCUT2D eigenvalue weighted by molar-refractivity contribution is -0.167. The lowest BCUT2D eigenvalue weighted by atomic mass is 10.0. The van der Waals surface area contributed by atoms with Crippen LogP contribution in [0.2, 0.25) is 0 Å². The third-order valence-corrected chi connectivity index (χ3v) is 16.2. The third-order valence-electron chi connectivity index (χ3n) is 16.2. The summed E-state index contributed by atoms with van der Waals surface area (Å²) >= 11 is 0. The fourth-order valence-corrected chi connectivity index (χ4v) is 10.8. The van der Waals surface area contributed by atoms with Crippen molar-refractivity contribution in [2.75, 3.05) is 13.2 Å². The Bertz CT molecular complexity index is 1520. The van der Waals surface area contributed by atoms with E-state index in [2.05, 4.69) is 93.7 Å². The smallest absolute Gasteiger partial charge is 0.306 e. The molecule has 6 nitrogen and oxygen atoms in total. The van der Waals surface area contributed by atoms with Crippen molar-refractivity contribution in [1.29, 1.82) is 0 Å². The van der Waals surface area contributed by atoms with Gasteiger partial charge in [0.25, 0.3) is 0 Å². The van der Waals surface area contributed by atoms with Crippen LogP contribution in [-0.4, -0.2) is 37.2 Å². The number of allylic oxidation sites excluding steroid dienone is 12. The zero-order chi connectivity index (χ0) is 59.9. The van der Waals surface area contributed by atoms with Gasteiger partial charge in [0.15, 0.2) is 6.10 Å². The average Bonchev–Trinajstić information content (AvgIpc) is 3.49. The Morgan fingerprint density at radius 2 is 0.470 bits per heavy atom. The number of esters is 3. The molecule has 0 heterocycles. The van der Waals surface area contributed by atoms with Crippen LogP contribution in [0.4, 0.5) is 0 Å². The molecule has 0 bridgehead atoms. The zero-order valence-electron chi connectivity index (χ0n) is 55.5. The minimum absolute atomic E-state index is 0.0782. The van der Waals surface area contributed by atoms with Gasteiger partial charge in [0.2, 0.25) is 0 Å². The molecule has 0 fully saturated rings. The van der Waals surface area contributed by atoms with Gasteiger partial charge in [-0.05, 0) is 89.9 Å². The predicted octanol–water partition coefficient (Wildman–Crippen LogP) is 25.2. The van der Waals surface area contributed by atoms with Crippen molar-refractivity contribution < 1.29 is 28.6 Å². The first-order chi connectivity index (χ1) is 41.0. The number of ether oxygens (including phenoxy) is 3. The van der Waals surface area contributed by atoms with Crippen molar-refractivity contribution in [1.82, 2.24) is 0 Å². The van der Waals surface area contributed by atoms with Crippen molar-refractivity contribution in [3.63, 3.8) is 0 Å². The van der Waals surface area contributed by atoms with E-state index in [1.165, 1.54) is 238 Å². The van der Waals surface area contributed by atoms with Gasteiger partial charge in [-0.2, -0.15) is 0 Å². The lowest BCUT2D eigenvalue weighted by Gasteiger charge is -2.18. The summed E-state index contributed by atoms with van der Waals surface area (Å²) in [5, 5.41) is 0. The van der Waals surface area contributed by atoms with Gasteiger partial charge in [-0.25, -0.2) is 0 Å². The minimum Gasteiger partial charge on any atom is -0.462 e. The van der Waals surface area contributed by atoms with Crippen molar-refractivity contribution in [2.24, 2.45) is 0 Å². The molecule has 0 spiro atoms. The van der Waals surface area contributed by atoms with Gasteiger partial charge in [0.1, 0.15) is 13.2 Å². The van der Waals surface area contributed by atoms with E-state index < -0.39 is 6.10 Å². The summed E-state index contributed by atoms with van der Waals surface area (Å²) < 4.78 is 17.0. The van der Waals surface area contributed by atoms with Crippen LogP contribution in [0.25, 0.3) is 0 Å². The Balaban J connectivity index is 4.33. The second kappa shape index (κ2) is 71.3. The molecule has 0 N–H and O–H groups in total. The number of carbonyl (C=O) groups excluding carboxylic acids is 3. The third kappa shape index (κ3) is 69.5. The van der Waals surface area contributed by atoms with E-state index in [9.17, 15) is 14.4 Å². The van der Waals surface area contributed by atoms with Crippen molar-refractivity contribution in [3.05, 3.63) is 72.9 Å². The highest BCUT2D eigenvalue weighted by atomic mass is 16.6. The molecule has 1 atom stereocenters. The standard InChI is InChI=1S/C77H138O6/c1-4-7-10-13-16-19-22-25-28-31-33-35-37-38-40-41-43-46-49-52-55-58-61-64-67-70-76(79)82-73-74(72-81-75(78)69-66-63-60-57-54-51-48-45-30-27-24-21-18-15-12-9-6-3)83-77(80)71-68-65-62-59-56-53-50-47-44-42-39-36-34-32-29-26-23-20-17-14-11-8-5-2/h9,12,18,21,23,26-27,30,32,34,39,42,74H,4-8,10-11,13-17,19-20,22,24-25,28-29,31,33,35-38,40-41,43-73H2,1-3H3/b12-9-,21-18-,26-23-,30-27-,34-32-,42-39-. The molecular formula is C77H138O6. The van der Waals surface area contributed by atoms with Gasteiger partial charge < -0.3 is 14.2 Å². The normalized spacial score (nSPS) is 12.5. The molecule has 482 valence electrons. The van der Waals surface area contributed by atoms with E-state index in [0.717, 1.165) is 103 Å². The Labute approximate surface area is 516 Å². The molecule has 0 saturated carbocycles.